The number of hydrogen-bond acceptors (Lipinski definition) is 5. The molecular formula is C29H32N4O2S. The van der Waals surface area contributed by atoms with E-state index in [2.05, 4.69) is 41.4 Å². The number of benzene rings is 2. The zero-order valence-electron chi connectivity index (χ0n) is 21.0. The van der Waals surface area contributed by atoms with Crippen LogP contribution in [0.1, 0.15) is 56.3 Å². The van der Waals surface area contributed by atoms with E-state index in [0.29, 0.717) is 6.54 Å². The molecule has 2 amide bonds. The molecule has 6 nitrogen and oxygen atoms in total. The van der Waals surface area contributed by atoms with E-state index in [1.165, 1.54) is 16.7 Å². The molecule has 36 heavy (non-hydrogen) atoms. The molecule has 7 heteroatoms. The lowest BCUT2D eigenvalue weighted by Gasteiger charge is -2.21. The van der Waals surface area contributed by atoms with E-state index in [4.69, 9.17) is 15.5 Å². The predicted octanol–water partition coefficient (Wildman–Crippen LogP) is 5.37. The van der Waals surface area contributed by atoms with Crippen molar-refractivity contribution in [3.8, 4) is 38.6 Å². The van der Waals surface area contributed by atoms with Gasteiger partial charge in [0.25, 0.3) is 0 Å². The van der Waals surface area contributed by atoms with E-state index < -0.39 is 0 Å². The van der Waals surface area contributed by atoms with E-state index in [9.17, 15) is 4.79 Å². The second kappa shape index (κ2) is 10.3. The Morgan fingerprint density at radius 2 is 2.14 bits per heavy atom. The van der Waals surface area contributed by atoms with Gasteiger partial charge in [-0.2, -0.15) is 0 Å². The van der Waals surface area contributed by atoms with Gasteiger partial charge in [-0.3, -0.25) is 0 Å². The Hall–Kier alpha value is -3.34. The van der Waals surface area contributed by atoms with Gasteiger partial charge in [-0.25, -0.2) is 9.78 Å². The summed E-state index contributed by atoms with van der Waals surface area (Å²) in [6, 6.07) is 12.6. The van der Waals surface area contributed by atoms with Crippen LogP contribution < -0.4 is 15.8 Å². The first-order chi connectivity index (χ1) is 17.4. The van der Waals surface area contributed by atoms with E-state index in [1.807, 2.05) is 44.0 Å². The first-order valence-corrected chi connectivity index (χ1v) is 13.4. The molecule has 0 spiro atoms. The molecule has 2 aliphatic rings. The van der Waals surface area contributed by atoms with Crippen molar-refractivity contribution in [3.05, 3.63) is 59.3 Å². The Bertz CT molecular complexity index is 1340. The van der Waals surface area contributed by atoms with Crippen molar-refractivity contribution in [2.45, 2.75) is 58.2 Å². The summed E-state index contributed by atoms with van der Waals surface area (Å²) in [7, 11) is 0. The van der Waals surface area contributed by atoms with Crippen LogP contribution in [-0.4, -0.2) is 41.2 Å². The summed E-state index contributed by atoms with van der Waals surface area (Å²) in [6.45, 7) is 7.22. The molecule has 0 radical (unpaired) electrons. The third kappa shape index (κ3) is 4.97. The van der Waals surface area contributed by atoms with Crippen LogP contribution in [0, 0.1) is 11.8 Å². The maximum absolute atomic E-state index is 12.8. The van der Waals surface area contributed by atoms with Gasteiger partial charge >= 0.3 is 6.03 Å². The number of carbonyl (C=O) groups is 1. The fourth-order valence-corrected chi connectivity index (χ4v) is 6.00. The minimum Gasteiger partial charge on any atom is -0.490 e. The molecule has 1 fully saturated rings. The SMILES string of the molecule is CC#Cc1cc(-c2ncc(-c3cccc4c3CCC4NC(=O)N3CCC(N)C3)s2)ccc1OC(C)C. The Balaban J connectivity index is 1.38. The van der Waals surface area contributed by atoms with Crippen molar-refractivity contribution in [1.29, 1.82) is 0 Å². The molecule has 1 aliphatic carbocycles. The summed E-state index contributed by atoms with van der Waals surface area (Å²) in [5.41, 5.74) is 11.6. The number of nitrogens with two attached hydrogens (primary N) is 1. The number of carbonyl (C=O) groups excluding carboxylic acids is 1. The van der Waals surface area contributed by atoms with Crippen LogP contribution in [0.5, 0.6) is 5.75 Å². The quantitative estimate of drug-likeness (QED) is 0.462. The Labute approximate surface area is 216 Å². The molecule has 1 aliphatic heterocycles. The lowest BCUT2D eigenvalue weighted by Crippen LogP contribution is -2.41. The van der Waals surface area contributed by atoms with Gasteiger partial charge in [0.1, 0.15) is 10.8 Å². The highest BCUT2D eigenvalue weighted by atomic mass is 32.1. The number of nitrogens with one attached hydrogen (secondary N) is 1. The summed E-state index contributed by atoms with van der Waals surface area (Å²) in [5, 5.41) is 4.19. The highest BCUT2D eigenvalue weighted by Gasteiger charge is 2.30. The van der Waals surface area contributed by atoms with Gasteiger partial charge < -0.3 is 20.7 Å². The highest BCUT2D eigenvalue weighted by Crippen LogP contribution is 2.41. The summed E-state index contributed by atoms with van der Waals surface area (Å²) in [5.74, 6) is 6.95. The van der Waals surface area contributed by atoms with E-state index in [1.54, 1.807) is 11.3 Å². The van der Waals surface area contributed by atoms with Gasteiger partial charge in [0.05, 0.1) is 22.6 Å². The first-order valence-electron chi connectivity index (χ1n) is 12.6. The smallest absolute Gasteiger partial charge is 0.317 e. The summed E-state index contributed by atoms with van der Waals surface area (Å²) in [6.07, 6.45) is 4.74. The van der Waals surface area contributed by atoms with Crippen molar-refractivity contribution in [3.63, 3.8) is 0 Å². The normalized spacial score (nSPS) is 18.6. The molecule has 3 aromatic rings. The number of hydrogen-bond donors (Lipinski definition) is 2. The van der Waals surface area contributed by atoms with Gasteiger partial charge in [-0.1, -0.05) is 24.1 Å². The van der Waals surface area contributed by atoms with Gasteiger partial charge in [-0.05, 0) is 74.9 Å². The summed E-state index contributed by atoms with van der Waals surface area (Å²) < 4.78 is 5.93. The maximum Gasteiger partial charge on any atom is 0.317 e. The maximum atomic E-state index is 12.8. The number of rotatable bonds is 5. The number of fused-ring (bicyclic) bond motifs is 1. The van der Waals surface area contributed by atoms with Crippen molar-refractivity contribution < 1.29 is 9.53 Å². The standard InChI is InChI=1S/C29H32N4O2S/c1-4-6-19-15-20(9-12-26(19)35-18(2)3)28-31-16-27(36-28)24-8-5-7-23-22(24)10-11-25(23)32-29(34)33-14-13-21(30)17-33/h5,7-9,12,15-16,18,21,25H,10-11,13-14,17,30H2,1-3H3,(H,32,34). The molecule has 2 unspecified atom stereocenters. The van der Waals surface area contributed by atoms with Crippen molar-refractivity contribution in [2.75, 3.05) is 13.1 Å². The minimum atomic E-state index is -0.0119. The number of nitrogens with zero attached hydrogens (tertiary/aromatic N) is 2. The molecule has 1 saturated heterocycles. The van der Waals surface area contributed by atoms with Crippen molar-refractivity contribution in [1.82, 2.24) is 15.2 Å². The second-order valence-corrected chi connectivity index (χ2v) is 10.7. The summed E-state index contributed by atoms with van der Waals surface area (Å²) in [4.78, 5) is 20.5. The molecule has 5 rings (SSSR count). The van der Waals surface area contributed by atoms with E-state index in [0.717, 1.165) is 52.6 Å². The lowest BCUT2D eigenvalue weighted by molar-refractivity contribution is 0.204. The number of thiazole rings is 1. The van der Waals surface area contributed by atoms with Crippen molar-refractivity contribution in [2.24, 2.45) is 5.73 Å². The molecule has 186 valence electrons. The molecule has 2 aromatic carbocycles. The first kappa shape index (κ1) is 24.4. The van der Waals surface area contributed by atoms with E-state index >= 15 is 0 Å². The Kier molecular flexibility index (Phi) is 6.99. The Morgan fingerprint density at radius 3 is 2.89 bits per heavy atom. The van der Waals surface area contributed by atoms with Crippen LogP contribution >= 0.6 is 11.3 Å². The molecule has 2 heterocycles. The van der Waals surface area contributed by atoms with Crippen LogP contribution in [0.3, 0.4) is 0 Å². The average Bonchev–Trinajstić information content (AvgIpc) is 3.60. The van der Waals surface area contributed by atoms with Gasteiger partial charge in [0.2, 0.25) is 0 Å². The molecule has 3 N–H and O–H groups in total. The fraction of sp³-hybridized carbons (Fsp3) is 0.379. The van der Waals surface area contributed by atoms with Gasteiger partial charge in [0.15, 0.2) is 0 Å². The lowest BCUT2D eigenvalue weighted by atomic mass is 10.0. The number of aromatic nitrogens is 1. The molecule has 2 atom stereocenters. The summed E-state index contributed by atoms with van der Waals surface area (Å²) >= 11 is 1.68. The molecule has 0 saturated carbocycles. The van der Waals surface area contributed by atoms with Crippen LogP contribution in [0.4, 0.5) is 4.79 Å². The third-order valence-corrected chi connectivity index (χ3v) is 7.78. The average molecular weight is 501 g/mol. The molecule has 1 aromatic heterocycles. The second-order valence-electron chi connectivity index (χ2n) is 9.69. The van der Waals surface area contributed by atoms with Crippen LogP contribution in [0.25, 0.3) is 21.0 Å². The van der Waals surface area contributed by atoms with E-state index in [-0.39, 0.29) is 24.2 Å². The number of amides is 2. The highest BCUT2D eigenvalue weighted by molar-refractivity contribution is 7.18. The van der Waals surface area contributed by atoms with Crippen LogP contribution in [-0.2, 0) is 6.42 Å². The van der Waals surface area contributed by atoms with Gasteiger partial charge in [-0.15, -0.1) is 17.3 Å². The van der Waals surface area contributed by atoms with Crippen LogP contribution in [0.15, 0.2) is 42.6 Å². The predicted molar refractivity (Wildman–Crippen MR) is 145 cm³/mol. The number of ether oxygens (including phenoxy) is 1. The van der Waals surface area contributed by atoms with Gasteiger partial charge in [0, 0.05) is 30.9 Å². The fourth-order valence-electron chi connectivity index (χ4n) is 5.03. The zero-order chi connectivity index (χ0) is 25.2. The molecular weight excluding hydrogens is 468 g/mol. The van der Waals surface area contributed by atoms with Crippen molar-refractivity contribution >= 4 is 17.4 Å². The zero-order valence-corrected chi connectivity index (χ0v) is 21.8. The Morgan fingerprint density at radius 1 is 1.28 bits per heavy atom. The molecule has 0 bridgehead atoms. The largest absolute Gasteiger partial charge is 0.490 e. The topological polar surface area (TPSA) is 80.5 Å². The number of likely N-dealkylation sites (tertiary alicyclic amines) is 1. The van der Waals surface area contributed by atoms with Crippen LogP contribution in [0.2, 0.25) is 0 Å². The third-order valence-electron chi connectivity index (χ3n) is 6.70. The number of urea groups is 1. The monoisotopic (exact) mass is 500 g/mol. The minimum absolute atomic E-state index is 0.0119.